The van der Waals surface area contributed by atoms with Gasteiger partial charge in [-0.3, -0.25) is 0 Å². The van der Waals surface area contributed by atoms with Gasteiger partial charge in [0.2, 0.25) is 0 Å². The molecule has 0 aliphatic carbocycles. The third-order valence-electron chi connectivity index (χ3n) is 2.51. The number of anilines is 1. The smallest absolute Gasteiger partial charge is 0.0697 e. The number of hydrogen-bond acceptors (Lipinski definition) is 1. The third-order valence-corrected chi connectivity index (χ3v) is 3.01. The average Bonchev–Trinajstić information content (AvgIpc) is 2.65. The largest absolute Gasteiger partial charge is 0.378 e. The van der Waals surface area contributed by atoms with E-state index in [9.17, 15) is 0 Å². The highest BCUT2D eigenvalue weighted by atomic mass is 79.9. The molecule has 14 heavy (non-hydrogen) atoms. The summed E-state index contributed by atoms with van der Waals surface area (Å²) >= 11 is 3.49. The van der Waals surface area contributed by atoms with Crippen molar-refractivity contribution in [2.24, 2.45) is 0 Å². The zero-order chi connectivity index (χ0) is 9.54. The maximum absolute atomic E-state index is 3.49. The molecule has 1 N–H and O–H groups in total. The van der Waals surface area contributed by atoms with Gasteiger partial charge >= 0.3 is 0 Å². The van der Waals surface area contributed by atoms with Crippen molar-refractivity contribution in [1.29, 1.82) is 0 Å². The summed E-state index contributed by atoms with van der Waals surface area (Å²) in [6, 6.07) is 10.5. The highest BCUT2D eigenvalue weighted by Gasteiger charge is 2.13. The van der Waals surface area contributed by atoms with Crippen LogP contribution in [0.5, 0.6) is 0 Å². The van der Waals surface area contributed by atoms with Gasteiger partial charge in [-0.1, -0.05) is 15.9 Å². The lowest BCUT2D eigenvalue weighted by molar-refractivity contribution is 0.907. The van der Waals surface area contributed by atoms with E-state index in [1.54, 1.807) is 0 Å². The quantitative estimate of drug-likeness (QED) is 0.758. The first-order chi connectivity index (χ1) is 6.84. The number of nitrogens with zero attached hydrogens (tertiary/aromatic N) is 1. The fraction of sp³-hybridized carbons (Fsp3) is 0.0909. The van der Waals surface area contributed by atoms with E-state index in [1.165, 1.54) is 17.1 Å². The average molecular weight is 249 g/mol. The van der Waals surface area contributed by atoms with Crippen LogP contribution in [0.15, 0.2) is 41.0 Å². The predicted molar refractivity (Wildman–Crippen MR) is 60.8 cm³/mol. The minimum Gasteiger partial charge on any atom is -0.378 e. The summed E-state index contributed by atoms with van der Waals surface area (Å²) in [6.45, 7) is 0.904. The summed E-state index contributed by atoms with van der Waals surface area (Å²) in [5, 5.41) is 3.39. The van der Waals surface area contributed by atoms with Gasteiger partial charge in [0.05, 0.1) is 17.9 Å². The van der Waals surface area contributed by atoms with Gasteiger partial charge in [-0.05, 0) is 30.3 Å². The molecule has 0 saturated carbocycles. The Morgan fingerprint density at radius 3 is 3.14 bits per heavy atom. The zero-order valence-corrected chi connectivity index (χ0v) is 9.08. The highest BCUT2D eigenvalue weighted by molar-refractivity contribution is 9.10. The molecule has 1 aromatic heterocycles. The Morgan fingerprint density at radius 2 is 2.21 bits per heavy atom. The lowest BCUT2D eigenvalue weighted by Crippen LogP contribution is -2.13. The number of benzene rings is 1. The first-order valence-corrected chi connectivity index (χ1v) is 5.34. The van der Waals surface area contributed by atoms with E-state index >= 15 is 0 Å². The Kier molecular flexibility index (Phi) is 1.67. The summed E-state index contributed by atoms with van der Waals surface area (Å²) in [4.78, 5) is 0. The van der Waals surface area contributed by atoms with E-state index in [0.717, 1.165) is 11.0 Å². The van der Waals surface area contributed by atoms with Gasteiger partial charge in [-0.25, -0.2) is 0 Å². The molecule has 1 aromatic carbocycles. The summed E-state index contributed by atoms with van der Waals surface area (Å²) in [6.07, 6.45) is 2.10. The van der Waals surface area contributed by atoms with Crippen molar-refractivity contribution < 1.29 is 0 Å². The van der Waals surface area contributed by atoms with Crippen molar-refractivity contribution in [1.82, 2.24) is 4.57 Å². The molecular formula is C11H9BrN2. The van der Waals surface area contributed by atoms with Gasteiger partial charge in [0.15, 0.2) is 0 Å². The molecule has 1 aliphatic heterocycles. The van der Waals surface area contributed by atoms with Crippen LogP contribution in [-0.2, 0) is 6.54 Å². The van der Waals surface area contributed by atoms with Gasteiger partial charge < -0.3 is 9.88 Å². The lowest BCUT2D eigenvalue weighted by atomic mass is 10.2. The van der Waals surface area contributed by atoms with Crippen LogP contribution in [0.1, 0.15) is 5.69 Å². The molecule has 0 saturated heterocycles. The normalized spacial score (nSPS) is 12.9. The van der Waals surface area contributed by atoms with Crippen LogP contribution in [0.25, 0.3) is 5.69 Å². The van der Waals surface area contributed by atoms with Crippen molar-refractivity contribution in [3.8, 4) is 5.69 Å². The number of aromatic nitrogens is 1. The molecule has 0 bridgehead atoms. The molecule has 1 aliphatic rings. The van der Waals surface area contributed by atoms with Crippen LogP contribution in [0.3, 0.4) is 0 Å². The second-order valence-electron chi connectivity index (χ2n) is 3.38. The fourth-order valence-electron chi connectivity index (χ4n) is 1.83. The SMILES string of the molecule is Brc1ccc2c(c1)-n1cccc1CN2. The highest BCUT2D eigenvalue weighted by Crippen LogP contribution is 2.29. The topological polar surface area (TPSA) is 17.0 Å². The van der Waals surface area contributed by atoms with Crippen molar-refractivity contribution in [3.05, 3.63) is 46.7 Å². The number of fused-ring (bicyclic) bond motifs is 3. The summed E-state index contributed by atoms with van der Waals surface area (Å²) < 4.78 is 3.33. The molecule has 0 unspecified atom stereocenters. The first-order valence-electron chi connectivity index (χ1n) is 4.54. The number of nitrogens with one attached hydrogen (secondary N) is 1. The van der Waals surface area contributed by atoms with Crippen molar-refractivity contribution in [2.45, 2.75) is 6.54 Å². The molecular weight excluding hydrogens is 240 g/mol. The second kappa shape index (κ2) is 2.89. The molecule has 3 heteroatoms. The van der Waals surface area contributed by atoms with Crippen molar-refractivity contribution in [2.75, 3.05) is 5.32 Å². The first kappa shape index (κ1) is 8.12. The molecule has 0 atom stereocenters. The maximum Gasteiger partial charge on any atom is 0.0697 e. The lowest BCUT2D eigenvalue weighted by Gasteiger charge is -2.21. The second-order valence-corrected chi connectivity index (χ2v) is 4.30. The molecule has 2 heterocycles. The van der Waals surface area contributed by atoms with Crippen LogP contribution < -0.4 is 5.32 Å². The summed E-state index contributed by atoms with van der Waals surface area (Å²) in [7, 11) is 0. The van der Waals surface area contributed by atoms with Crippen molar-refractivity contribution in [3.63, 3.8) is 0 Å². The van der Waals surface area contributed by atoms with Gasteiger partial charge in [-0.2, -0.15) is 0 Å². The Hall–Kier alpha value is -1.22. The Bertz CT molecular complexity index is 488. The summed E-state index contributed by atoms with van der Waals surface area (Å²) in [5.41, 5.74) is 3.71. The van der Waals surface area contributed by atoms with Gasteiger partial charge in [0.1, 0.15) is 0 Å². The van der Waals surface area contributed by atoms with E-state index in [2.05, 4.69) is 62.3 Å². The van der Waals surface area contributed by atoms with Crippen LogP contribution in [0.4, 0.5) is 5.69 Å². The maximum atomic E-state index is 3.49. The minimum atomic E-state index is 0.904. The molecule has 0 amide bonds. The molecule has 2 aromatic rings. The summed E-state index contributed by atoms with van der Waals surface area (Å²) in [5.74, 6) is 0. The van der Waals surface area contributed by atoms with Gasteiger partial charge in [0, 0.05) is 16.4 Å². The Labute approximate surface area is 90.7 Å². The van der Waals surface area contributed by atoms with Crippen LogP contribution >= 0.6 is 15.9 Å². The third kappa shape index (κ3) is 1.09. The van der Waals surface area contributed by atoms with E-state index in [1.807, 2.05) is 0 Å². The van der Waals surface area contributed by atoms with E-state index < -0.39 is 0 Å². The van der Waals surface area contributed by atoms with Crippen molar-refractivity contribution >= 4 is 21.6 Å². The molecule has 0 fully saturated rings. The minimum absolute atomic E-state index is 0.904. The Balaban J connectivity index is 2.28. The van der Waals surface area contributed by atoms with Gasteiger partial charge in [0.25, 0.3) is 0 Å². The monoisotopic (exact) mass is 248 g/mol. The van der Waals surface area contributed by atoms with Gasteiger partial charge in [-0.15, -0.1) is 0 Å². The molecule has 2 nitrogen and oxygen atoms in total. The fourth-order valence-corrected chi connectivity index (χ4v) is 2.18. The standard InChI is InChI=1S/C11H9BrN2/c12-8-3-4-10-11(6-8)14-5-1-2-9(14)7-13-10/h1-6,13H,7H2. The number of rotatable bonds is 0. The molecule has 3 rings (SSSR count). The van der Waals surface area contributed by atoms with E-state index in [0.29, 0.717) is 0 Å². The van der Waals surface area contributed by atoms with Crippen LogP contribution in [-0.4, -0.2) is 4.57 Å². The number of hydrogen-bond donors (Lipinski definition) is 1. The van der Waals surface area contributed by atoms with E-state index in [-0.39, 0.29) is 0 Å². The molecule has 70 valence electrons. The number of halogens is 1. The van der Waals surface area contributed by atoms with Crippen LogP contribution in [0, 0.1) is 0 Å². The molecule has 0 radical (unpaired) electrons. The molecule has 0 spiro atoms. The predicted octanol–water partition coefficient (Wildman–Crippen LogP) is 3.17. The zero-order valence-electron chi connectivity index (χ0n) is 7.50. The van der Waals surface area contributed by atoms with E-state index in [4.69, 9.17) is 0 Å². The van der Waals surface area contributed by atoms with Crippen LogP contribution in [0.2, 0.25) is 0 Å². The Morgan fingerprint density at radius 1 is 1.29 bits per heavy atom.